The first-order valence-electron chi connectivity index (χ1n) is 8.93. The van der Waals surface area contributed by atoms with E-state index in [1.54, 1.807) is 43.5 Å². The lowest BCUT2D eigenvalue weighted by Gasteiger charge is -2.11. The predicted octanol–water partition coefficient (Wildman–Crippen LogP) is 6.89. The van der Waals surface area contributed by atoms with Crippen molar-refractivity contribution in [2.45, 2.75) is 6.61 Å². The first-order chi connectivity index (χ1) is 14.4. The normalized spacial score (nSPS) is 10.8. The minimum absolute atomic E-state index is 0.310. The van der Waals surface area contributed by atoms with Gasteiger partial charge in [-0.25, -0.2) is 0 Å². The molecule has 0 unspecified atom stereocenters. The molecule has 0 aliphatic carbocycles. The van der Waals surface area contributed by atoms with Crippen LogP contribution in [0.4, 0.5) is 5.69 Å². The molecule has 0 fully saturated rings. The Morgan fingerprint density at radius 2 is 1.60 bits per heavy atom. The number of methoxy groups -OCH3 is 1. The third kappa shape index (κ3) is 6.42. The minimum Gasteiger partial charge on any atom is -0.493 e. The van der Waals surface area contributed by atoms with Crippen LogP contribution in [0.25, 0.3) is 6.08 Å². The molecule has 3 aromatic carbocycles. The highest BCUT2D eigenvalue weighted by Gasteiger charge is 2.06. The SMILES string of the molecule is COc1cc(/C=C/C(=O)Nc2cc(Cl)cc(Cl)c2)ccc1OCc1ccc(Cl)cc1. The van der Waals surface area contributed by atoms with Gasteiger partial charge in [-0.05, 0) is 59.7 Å². The zero-order chi connectivity index (χ0) is 21.5. The van der Waals surface area contributed by atoms with E-state index in [1.165, 1.54) is 6.08 Å². The number of anilines is 1. The summed E-state index contributed by atoms with van der Waals surface area (Å²) in [7, 11) is 1.56. The van der Waals surface area contributed by atoms with Gasteiger partial charge in [-0.3, -0.25) is 4.79 Å². The summed E-state index contributed by atoms with van der Waals surface area (Å²) in [6.45, 7) is 0.382. The summed E-state index contributed by atoms with van der Waals surface area (Å²) in [5.74, 6) is 0.853. The Kier molecular flexibility index (Phi) is 7.63. The van der Waals surface area contributed by atoms with Gasteiger partial charge in [0.05, 0.1) is 7.11 Å². The summed E-state index contributed by atoms with van der Waals surface area (Å²) < 4.78 is 11.3. The third-order valence-corrected chi connectivity index (χ3v) is 4.74. The lowest BCUT2D eigenvalue weighted by Crippen LogP contribution is -2.07. The van der Waals surface area contributed by atoms with Crippen molar-refractivity contribution in [1.82, 2.24) is 0 Å². The summed E-state index contributed by atoms with van der Waals surface area (Å²) in [4.78, 5) is 12.2. The molecule has 0 bridgehead atoms. The smallest absolute Gasteiger partial charge is 0.248 e. The average Bonchev–Trinajstić information content (AvgIpc) is 2.71. The number of ether oxygens (including phenoxy) is 2. The first-order valence-corrected chi connectivity index (χ1v) is 10.1. The van der Waals surface area contributed by atoms with Crippen LogP contribution in [0.2, 0.25) is 15.1 Å². The van der Waals surface area contributed by atoms with Gasteiger partial charge in [-0.1, -0.05) is 53.0 Å². The number of carbonyl (C=O) groups is 1. The number of nitrogens with one attached hydrogen (secondary N) is 1. The molecule has 7 heteroatoms. The van der Waals surface area contributed by atoms with E-state index in [4.69, 9.17) is 44.3 Å². The fourth-order valence-electron chi connectivity index (χ4n) is 2.63. The fourth-order valence-corrected chi connectivity index (χ4v) is 3.28. The second kappa shape index (κ2) is 10.4. The van der Waals surface area contributed by atoms with Crippen molar-refractivity contribution in [1.29, 1.82) is 0 Å². The third-order valence-electron chi connectivity index (χ3n) is 4.05. The Morgan fingerprint density at radius 3 is 2.27 bits per heavy atom. The molecule has 4 nitrogen and oxygen atoms in total. The van der Waals surface area contributed by atoms with Gasteiger partial charge in [0.2, 0.25) is 5.91 Å². The van der Waals surface area contributed by atoms with E-state index >= 15 is 0 Å². The zero-order valence-corrected chi connectivity index (χ0v) is 18.3. The largest absolute Gasteiger partial charge is 0.493 e. The molecule has 0 saturated carbocycles. The van der Waals surface area contributed by atoms with Crippen LogP contribution in [0, 0.1) is 0 Å². The Hall–Kier alpha value is -2.66. The van der Waals surface area contributed by atoms with E-state index < -0.39 is 0 Å². The number of halogens is 3. The number of amides is 1. The monoisotopic (exact) mass is 461 g/mol. The molecule has 0 aromatic heterocycles. The lowest BCUT2D eigenvalue weighted by atomic mass is 10.2. The van der Waals surface area contributed by atoms with E-state index in [1.807, 2.05) is 30.3 Å². The van der Waals surface area contributed by atoms with Crippen LogP contribution in [-0.4, -0.2) is 13.0 Å². The maximum atomic E-state index is 12.2. The average molecular weight is 463 g/mol. The summed E-state index contributed by atoms with van der Waals surface area (Å²) in [5, 5.41) is 4.28. The van der Waals surface area contributed by atoms with Gasteiger partial charge in [-0.2, -0.15) is 0 Å². The topological polar surface area (TPSA) is 47.6 Å². The van der Waals surface area contributed by atoms with Crippen molar-refractivity contribution >= 4 is 52.5 Å². The minimum atomic E-state index is -0.310. The van der Waals surface area contributed by atoms with E-state index in [9.17, 15) is 4.79 Å². The molecule has 0 saturated heterocycles. The lowest BCUT2D eigenvalue weighted by molar-refractivity contribution is -0.111. The fraction of sp³-hybridized carbons (Fsp3) is 0.0870. The molecule has 0 aliphatic rings. The van der Waals surface area contributed by atoms with Crippen LogP contribution >= 0.6 is 34.8 Å². The molecule has 0 radical (unpaired) electrons. The van der Waals surface area contributed by atoms with Crippen molar-refractivity contribution in [3.63, 3.8) is 0 Å². The molecule has 0 aliphatic heterocycles. The highest BCUT2D eigenvalue weighted by Crippen LogP contribution is 2.29. The number of hydrogen-bond acceptors (Lipinski definition) is 3. The molecule has 3 rings (SSSR count). The second-order valence-electron chi connectivity index (χ2n) is 6.31. The van der Waals surface area contributed by atoms with Crippen LogP contribution in [0.3, 0.4) is 0 Å². The van der Waals surface area contributed by atoms with Gasteiger partial charge in [0, 0.05) is 26.8 Å². The van der Waals surface area contributed by atoms with Crippen LogP contribution in [0.5, 0.6) is 11.5 Å². The Morgan fingerprint density at radius 1 is 0.900 bits per heavy atom. The number of rotatable bonds is 7. The predicted molar refractivity (Wildman–Crippen MR) is 123 cm³/mol. The van der Waals surface area contributed by atoms with E-state index in [0.29, 0.717) is 38.9 Å². The molecular weight excluding hydrogens is 445 g/mol. The second-order valence-corrected chi connectivity index (χ2v) is 7.62. The summed E-state index contributed by atoms with van der Waals surface area (Å²) >= 11 is 17.8. The highest BCUT2D eigenvalue weighted by molar-refractivity contribution is 6.35. The maximum Gasteiger partial charge on any atom is 0.248 e. The number of carbonyl (C=O) groups excluding carboxylic acids is 1. The van der Waals surface area contributed by atoms with E-state index in [2.05, 4.69) is 5.32 Å². The van der Waals surface area contributed by atoms with Crippen LogP contribution in [0.15, 0.2) is 66.7 Å². The van der Waals surface area contributed by atoms with Crippen LogP contribution in [-0.2, 0) is 11.4 Å². The van der Waals surface area contributed by atoms with Gasteiger partial charge >= 0.3 is 0 Å². The molecule has 1 amide bonds. The van der Waals surface area contributed by atoms with Crippen LogP contribution in [0.1, 0.15) is 11.1 Å². The van der Waals surface area contributed by atoms with Crippen molar-refractivity contribution in [3.8, 4) is 11.5 Å². The van der Waals surface area contributed by atoms with Crippen molar-refractivity contribution in [3.05, 3.63) is 92.9 Å². The highest BCUT2D eigenvalue weighted by atomic mass is 35.5. The van der Waals surface area contributed by atoms with Crippen molar-refractivity contribution in [2.75, 3.05) is 12.4 Å². The Balaban J connectivity index is 1.64. The molecule has 0 heterocycles. The molecular formula is C23H18Cl3NO3. The summed E-state index contributed by atoms with van der Waals surface area (Å²) in [6, 6.07) is 17.7. The van der Waals surface area contributed by atoms with E-state index in [-0.39, 0.29) is 5.91 Å². The molecule has 0 spiro atoms. The standard InChI is InChI=1S/C23H18Cl3NO3/c1-29-22-10-15(4-8-21(22)30-14-16-2-6-17(24)7-3-16)5-9-23(28)27-20-12-18(25)11-19(26)13-20/h2-13H,14H2,1H3,(H,27,28)/b9-5+. The molecule has 1 N–H and O–H groups in total. The Bertz CT molecular complexity index is 1050. The van der Waals surface area contributed by atoms with Crippen molar-refractivity contribution < 1.29 is 14.3 Å². The Labute approximate surface area is 190 Å². The van der Waals surface area contributed by atoms with Crippen LogP contribution < -0.4 is 14.8 Å². The molecule has 3 aromatic rings. The summed E-state index contributed by atoms with van der Waals surface area (Å²) in [6.07, 6.45) is 3.09. The maximum absolute atomic E-state index is 12.2. The quantitative estimate of drug-likeness (QED) is 0.389. The van der Waals surface area contributed by atoms with Gasteiger partial charge in [0.15, 0.2) is 11.5 Å². The molecule has 30 heavy (non-hydrogen) atoms. The van der Waals surface area contributed by atoms with Gasteiger partial charge in [0.25, 0.3) is 0 Å². The van der Waals surface area contributed by atoms with E-state index in [0.717, 1.165) is 11.1 Å². The number of benzene rings is 3. The first kappa shape index (κ1) is 22.0. The molecule has 154 valence electrons. The van der Waals surface area contributed by atoms with Crippen molar-refractivity contribution in [2.24, 2.45) is 0 Å². The van der Waals surface area contributed by atoms with Gasteiger partial charge < -0.3 is 14.8 Å². The summed E-state index contributed by atoms with van der Waals surface area (Å²) in [5.41, 5.74) is 2.29. The van der Waals surface area contributed by atoms with Gasteiger partial charge in [-0.15, -0.1) is 0 Å². The zero-order valence-electron chi connectivity index (χ0n) is 16.0. The van der Waals surface area contributed by atoms with Gasteiger partial charge in [0.1, 0.15) is 6.61 Å². The molecule has 0 atom stereocenters. The number of hydrogen-bond donors (Lipinski definition) is 1.